The molecule has 0 radical (unpaired) electrons. The fraction of sp³-hybridized carbons (Fsp3) is 0.727. The Morgan fingerprint density at radius 1 is 1.40 bits per heavy atom. The molecule has 1 fully saturated rings. The Labute approximate surface area is 90.2 Å². The lowest BCUT2D eigenvalue weighted by Gasteiger charge is -2.01. The van der Waals surface area contributed by atoms with Crippen LogP contribution in [-0.4, -0.2) is 23.9 Å². The average molecular weight is 213 g/mol. The van der Waals surface area contributed by atoms with E-state index in [9.17, 15) is 14.4 Å². The third kappa shape index (κ3) is 5.42. The zero-order chi connectivity index (χ0) is 11.8. The van der Waals surface area contributed by atoms with E-state index >= 15 is 0 Å². The van der Waals surface area contributed by atoms with E-state index in [0.29, 0.717) is 6.29 Å². The molecule has 0 amide bonds. The maximum Gasteiger partial charge on any atom is 0.201 e. The zero-order valence-electron chi connectivity index (χ0n) is 9.36. The maximum absolute atomic E-state index is 11.1. The van der Waals surface area contributed by atoms with E-state index in [0.717, 1.165) is 12.8 Å². The third-order valence-corrected chi connectivity index (χ3v) is 2.10. The van der Waals surface area contributed by atoms with Crippen molar-refractivity contribution >= 4 is 17.9 Å². The minimum atomic E-state index is -0.615. The summed E-state index contributed by atoms with van der Waals surface area (Å²) >= 11 is 0. The molecule has 0 aliphatic heterocycles. The monoisotopic (exact) mass is 213 g/mol. The Morgan fingerprint density at radius 3 is 2.33 bits per heavy atom. The number of nitrogens with two attached hydrogens (primary N) is 1. The van der Waals surface area contributed by atoms with Crippen molar-refractivity contribution in [1.82, 2.24) is 0 Å². The van der Waals surface area contributed by atoms with E-state index in [-0.39, 0.29) is 30.3 Å². The van der Waals surface area contributed by atoms with Crippen LogP contribution in [0.5, 0.6) is 0 Å². The van der Waals surface area contributed by atoms with Crippen LogP contribution in [0.1, 0.15) is 39.5 Å². The lowest BCUT2D eigenvalue weighted by Crippen LogP contribution is -2.24. The molecule has 0 aromatic heterocycles. The lowest BCUT2D eigenvalue weighted by atomic mass is 10.1. The van der Waals surface area contributed by atoms with Crippen LogP contribution in [0, 0.1) is 5.92 Å². The van der Waals surface area contributed by atoms with Crippen molar-refractivity contribution in [3.63, 3.8) is 0 Å². The number of Topliss-reactive ketones (excluding diaryl/α,β-unsaturated/α-hetero) is 2. The molecule has 0 unspecified atom stereocenters. The number of hydrogen-bond acceptors (Lipinski definition) is 4. The first-order valence-electron chi connectivity index (χ1n) is 5.43. The van der Waals surface area contributed by atoms with Crippen LogP contribution >= 0.6 is 0 Å². The number of hydrogen-bond donors (Lipinski definition) is 1. The van der Waals surface area contributed by atoms with Crippen LogP contribution in [0.3, 0.4) is 0 Å². The van der Waals surface area contributed by atoms with Gasteiger partial charge in [-0.1, -0.05) is 13.8 Å². The summed E-state index contributed by atoms with van der Waals surface area (Å²) in [6.45, 7) is 4.00. The summed E-state index contributed by atoms with van der Waals surface area (Å²) < 4.78 is 0. The van der Waals surface area contributed by atoms with Gasteiger partial charge in [0.2, 0.25) is 5.78 Å². The van der Waals surface area contributed by atoms with Crippen LogP contribution in [0.25, 0.3) is 0 Å². The summed E-state index contributed by atoms with van der Waals surface area (Å²) in [5.74, 6) is -0.683. The van der Waals surface area contributed by atoms with Gasteiger partial charge in [-0.15, -0.1) is 0 Å². The van der Waals surface area contributed by atoms with E-state index in [1.54, 1.807) is 0 Å². The summed E-state index contributed by atoms with van der Waals surface area (Å²) in [5.41, 5.74) is 5.28. The Hall–Kier alpha value is -1.03. The highest BCUT2D eigenvalue weighted by atomic mass is 16.2. The van der Waals surface area contributed by atoms with Crippen molar-refractivity contribution in [3.05, 3.63) is 0 Å². The largest absolute Gasteiger partial charge is 0.322 e. The van der Waals surface area contributed by atoms with Gasteiger partial charge in [-0.25, -0.2) is 0 Å². The predicted molar refractivity (Wildman–Crippen MR) is 57.4 cm³/mol. The molecule has 2 N–H and O–H groups in total. The van der Waals surface area contributed by atoms with Gasteiger partial charge < -0.3 is 10.5 Å². The molecule has 1 aliphatic carbocycles. The summed E-state index contributed by atoms with van der Waals surface area (Å²) in [6.07, 6.45) is 2.65. The minimum Gasteiger partial charge on any atom is -0.322 e. The molecule has 0 heterocycles. The maximum atomic E-state index is 11.1. The van der Waals surface area contributed by atoms with E-state index in [1.165, 1.54) is 0 Å². The standard InChI is InChI=1S/C9H13NO3.C2H6/c10-7(5-11)3-4-8(12)9(13)6-1-2-6;1-2/h5-7H,1-4,10H2;1-2H3/t7-;/m0./s1. The Kier molecular flexibility index (Phi) is 6.79. The first-order chi connectivity index (χ1) is 7.15. The summed E-state index contributed by atoms with van der Waals surface area (Å²) in [5, 5.41) is 0. The lowest BCUT2D eigenvalue weighted by molar-refractivity contribution is -0.137. The molecule has 4 nitrogen and oxygen atoms in total. The minimum absolute atomic E-state index is 0.0278. The van der Waals surface area contributed by atoms with Crippen molar-refractivity contribution in [3.8, 4) is 0 Å². The topological polar surface area (TPSA) is 77.2 Å². The van der Waals surface area contributed by atoms with Crippen LogP contribution in [0.4, 0.5) is 0 Å². The van der Waals surface area contributed by atoms with Gasteiger partial charge >= 0.3 is 0 Å². The number of rotatable bonds is 6. The fourth-order valence-corrected chi connectivity index (χ4v) is 1.06. The molecule has 1 aliphatic rings. The van der Waals surface area contributed by atoms with E-state index in [2.05, 4.69) is 0 Å². The van der Waals surface area contributed by atoms with Crippen LogP contribution in [0.2, 0.25) is 0 Å². The zero-order valence-corrected chi connectivity index (χ0v) is 9.36. The van der Waals surface area contributed by atoms with Crippen LogP contribution in [-0.2, 0) is 14.4 Å². The number of aldehydes is 1. The van der Waals surface area contributed by atoms with Crippen molar-refractivity contribution < 1.29 is 14.4 Å². The molecule has 4 heteroatoms. The molecule has 0 aromatic rings. The van der Waals surface area contributed by atoms with Crippen molar-refractivity contribution in [2.45, 2.75) is 45.6 Å². The first-order valence-corrected chi connectivity index (χ1v) is 5.43. The summed E-state index contributed by atoms with van der Waals surface area (Å²) in [7, 11) is 0. The molecule has 0 bridgehead atoms. The van der Waals surface area contributed by atoms with Crippen molar-refractivity contribution in [2.75, 3.05) is 0 Å². The molecular formula is C11H19NO3. The van der Waals surface area contributed by atoms with Gasteiger partial charge in [-0.3, -0.25) is 9.59 Å². The van der Waals surface area contributed by atoms with Crippen LogP contribution < -0.4 is 5.73 Å². The molecule has 0 spiro atoms. The number of carbonyl (C=O) groups excluding carboxylic acids is 3. The molecule has 1 atom stereocenters. The Bertz CT molecular complexity index is 234. The highest BCUT2D eigenvalue weighted by Crippen LogP contribution is 2.30. The molecule has 1 saturated carbocycles. The van der Waals surface area contributed by atoms with Gasteiger partial charge in [0, 0.05) is 12.3 Å². The smallest absolute Gasteiger partial charge is 0.201 e. The molecule has 1 rings (SSSR count). The van der Waals surface area contributed by atoms with Gasteiger partial charge in [-0.2, -0.15) is 0 Å². The van der Waals surface area contributed by atoms with Crippen molar-refractivity contribution in [1.29, 1.82) is 0 Å². The Balaban J connectivity index is 0.000000921. The highest BCUT2D eigenvalue weighted by Gasteiger charge is 2.33. The quantitative estimate of drug-likeness (QED) is 0.524. The molecule has 86 valence electrons. The number of ketones is 2. The third-order valence-electron chi connectivity index (χ3n) is 2.10. The SMILES string of the molecule is CC.N[C@H](C=O)CCC(=O)C(=O)C1CC1. The Morgan fingerprint density at radius 2 is 1.93 bits per heavy atom. The average Bonchev–Trinajstić information content (AvgIpc) is 3.10. The molecule has 0 aromatic carbocycles. The van der Waals surface area contributed by atoms with Gasteiger partial charge in [0.25, 0.3) is 0 Å². The molecule has 15 heavy (non-hydrogen) atoms. The summed E-state index contributed by atoms with van der Waals surface area (Å²) in [6, 6.07) is -0.615. The second-order valence-corrected chi connectivity index (χ2v) is 3.40. The van der Waals surface area contributed by atoms with Gasteiger partial charge in [0.15, 0.2) is 5.78 Å². The van der Waals surface area contributed by atoms with Gasteiger partial charge in [-0.05, 0) is 19.3 Å². The molecule has 0 saturated heterocycles. The second-order valence-electron chi connectivity index (χ2n) is 3.40. The van der Waals surface area contributed by atoms with E-state index in [1.807, 2.05) is 13.8 Å². The second kappa shape index (κ2) is 7.29. The van der Waals surface area contributed by atoms with Crippen LogP contribution in [0.15, 0.2) is 0 Å². The predicted octanol–water partition coefficient (Wildman–Crippen LogP) is 0.867. The fourth-order valence-electron chi connectivity index (χ4n) is 1.06. The van der Waals surface area contributed by atoms with Gasteiger partial charge in [0.1, 0.15) is 6.29 Å². The first kappa shape index (κ1) is 14.0. The summed E-state index contributed by atoms with van der Waals surface area (Å²) in [4.78, 5) is 32.4. The van der Waals surface area contributed by atoms with E-state index in [4.69, 9.17) is 5.73 Å². The van der Waals surface area contributed by atoms with Crippen molar-refractivity contribution in [2.24, 2.45) is 11.7 Å². The molecular weight excluding hydrogens is 194 g/mol. The highest BCUT2D eigenvalue weighted by molar-refractivity contribution is 6.38. The van der Waals surface area contributed by atoms with E-state index < -0.39 is 6.04 Å². The normalized spacial score (nSPS) is 15.9. The van der Waals surface area contributed by atoms with Gasteiger partial charge in [0.05, 0.1) is 6.04 Å². The number of carbonyl (C=O) groups is 3.